The molecule has 0 aromatic carbocycles. The second-order valence-corrected chi connectivity index (χ2v) is 29.8. The van der Waals surface area contributed by atoms with Crippen molar-refractivity contribution in [3.8, 4) is 0 Å². The Morgan fingerprint density at radius 3 is 0.856 bits per heavy atom. The zero-order valence-corrected chi connectivity index (χ0v) is 63.8. The van der Waals surface area contributed by atoms with Gasteiger partial charge >= 0.3 is 33.6 Å². The standard InChI is InChI=1S/C79H146O16P2/c1-4-7-10-13-16-19-22-25-26-27-28-29-30-31-32-33-34-35-36-37-38-39-40-41-42-43-44-45-46-49-51-53-56-59-62-65-77(82)89-68-74(80)69-91-96(85,86)92-70-75(81)71-93-97(87,88)94-73-76(95-79(84)67-64-61-58-55-52-48-24-21-18-15-12-9-6-3)72-90-78(83)66-63-60-57-54-50-47-23-20-17-14-11-8-5-2/h16,19-20,23,25-26,28-29,31-32,74-76,80-81H,4-15,17-18,21-22,24,27,30,33-73H2,1-3H3,(H,85,86)(H,87,88)/b19-16-,23-20-,26-25-,29-28-,32-31-. The molecule has 0 aromatic heterocycles. The summed E-state index contributed by atoms with van der Waals surface area (Å²) in [5.41, 5.74) is 0. The Balaban J connectivity index is 4.26. The second-order valence-electron chi connectivity index (χ2n) is 26.9. The van der Waals surface area contributed by atoms with E-state index in [0.29, 0.717) is 19.3 Å². The number of allylic oxidation sites excluding steroid dienone is 10. The molecule has 5 unspecified atom stereocenters. The molecule has 0 amide bonds. The van der Waals surface area contributed by atoms with Gasteiger partial charge in [0.1, 0.15) is 25.4 Å². The minimum atomic E-state index is -4.92. The van der Waals surface area contributed by atoms with Gasteiger partial charge in [-0.1, -0.05) is 319 Å². The Hall–Kier alpha value is -2.75. The number of ether oxygens (including phenoxy) is 3. The lowest BCUT2D eigenvalue weighted by Crippen LogP contribution is -2.30. The van der Waals surface area contributed by atoms with Crippen LogP contribution in [0.1, 0.15) is 367 Å². The summed E-state index contributed by atoms with van der Waals surface area (Å²) in [7, 11) is -9.76. The average molecular weight is 1410 g/mol. The Morgan fingerprint density at radius 2 is 0.515 bits per heavy atom. The van der Waals surface area contributed by atoms with E-state index in [4.69, 9.17) is 32.3 Å². The molecule has 4 N–H and O–H groups in total. The van der Waals surface area contributed by atoms with Crippen molar-refractivity contribution in [1.29, 1.82) is 0 Å². The van der Waals surface area contributed by atoms with Crippen LogP contribution in [0.3, 0.4) is 0 Å². The van der Waals surface area contributed by atoms with E-state index in [-0.39, 0.29) is 19.3 Å². The molecule has 18 heteroatoms. The van der Waals surface area contributed by atoms with E-state index in [1.54, 1.807) is 0 Å². The number of phosphoric acid groups is 2. The highest BCUT2D eigenvalue weighted by Gasteiger charge is 2.29. The molecule has 0 saturated carbocycles. The normalized spacial score (nSPS) is 14.3. The van der Waals surface area contributed by atoms with Gasteiger partial charge in [0, 0.05) is 19.3 Å². The van der Waals surface area contributed by atoms with E-state index in [9.17, 15) is 43.5 Å². The maximum atomic E-state index is 12.9. The molecule has 0 saturated heterocycles. The van der Waals surface area contributed by atoms with Gasteiger partial charge in [-0.2, -0.15) is 0 Å². The highest BCUT2D eigenvalue weighted by molar-refractivity contribution is 7.47. The first-order valence-electron chi connectivity index (χ1n) is 39.6. The lowest BCUT2D eigenvalue weighted by atomic mass is 10.0. The largest absolute Gasteiger partial charge is 0.472 e. The first-order chi connectivity index (χ1) is 47.2. The van der Waals surface area contributed by atoms with Gasteiger partial charge < -0.3 is 34.2 Å². The first-order valence-corrected chi connectivity index (χ1v) is 42.6. The highest BCUT2D eigenvalue weighted by atomic mass is 31.2. The Kier molecular flexibility index (Phi) is 70.9. The number of phosphoric ester groups is 2. The van der Waals surface area contributed by atoms with E-state index in [1.807, 2.05) is 0 Å². The fourth-order valence-electron chi connectivity index (χ4n) is 11.1. The lowest BCUT2D eigenvalue weighted by Gasteiger charge is -2.21. The van der Waals surface area contributed by atoms with Crippen molar-refractivity contribution in [2.45, 2.75) is 386 Å². The molecule has 0 radical (unpaired) electrons. The third kappa shape index (κ3) is 74.3. The van der Waals surface area contributed by atoms with Crippen molar-refractivity contribution < 1.29 is 75.8 Å². The van der Waals surface area contributed by atoms with Crippen LogP contribution in [0, 0.1) is 0 Å². The zero-order valence-electron chi connectivity index (χ0n) is 62.0. The third-order valence-corrected chi connectivity index (χ3v) is 19.1. The lowest BCUT2D eigenvalue weighted by molar-refractivity contribution is -0.161. The van der Waals surface area contributed by atoms with Crippen molar-refractivity contribution in [1.82, 2.24) is 0 Å². The Bertz CT molecular complexity index is 2010. The van der Waals surface area contributed by atoms with Gasteiger partial charge in [-0.05, 0) is 89.9 Å². The van der Waals surface area contributed by atoms with Gasteiger partial charge in [-0.25, -0.2) is 9.13 Å². The SMILES string of the molecule is CCCCC/C=C\C/C=C\C/C=C\C/C=C\CCCCCCCCCCCCCCCCCCCCCC(=O)OCC(O)COP(=O)(O)OCC(O)COP(=O)(O)OCC(COC(=O)CCCCCCC/C=C\CCCCCC)OC(=O)CCCCCCCCCCCCCCC. The average Bonchev–Trinajstić information content (AvgIpc) is 1.57. The molecular weight excluding hydrogens is 1270 g/mol. The van der Waals surface area contributed by atoms with Gasteiger partial charge in [0.15, 0.2) is 6.10 Å². The van der Waals surface area contributed by atoms with E-state index in [1.165, 1.54) is 205 Å². The maximum Gasteiger partial charge on any atom is 0.472 e. The summed E-state index contributed by atoms with van der Waals surface area (Å²) in [5.74, 6) is -1.56. The van der Waals surface area contributed by atoms with Crippen molar-refractivity contribution >= 4 is 33.6 Å². The number of hydrogen-bond acceptors (Lipinski definition) is 14. The van der Waals surface area contributed by atoms with Crippen LogP contribution in [0.2, 0.25) is 0 Å². The van der Waals surface area contributed by atoms with Crippen LogP contribution in [0.25, 0.3) is 0 Å². The Morgan fingerprint density at radius 1 is 0.289 bits per heavy atom. The van der Waals surface area contributed by atoms with Crippen LogP contribution in [0.5, 0.6) is 0 Å². The summed E-state index contributed by atoms with van der Waals surface area (Å²) in [6.07, 6.45) is 78.8. The summed E-state index contributed by atoms with van der Waals surface area (Å²) >= 11 is 0. The predicted octanol–water partition coefficient (Wildman–Crippen LogP) is 22.9. The number of aliphatic hydroxyl groups excluding tert-OH is 2. The summed E-state index contributed by atoms with van der Waals surface area (Å²) in [5, 5.41) is 20.6. The van der Waals surface area contributed by atoms with Crippen molar-refractivity contribution in [3.63, 3.8) is 0 Å². The van der Waals surface area contributed by atoms with Crippen molar-refractivity contribution in [2.24, 2.45) is 0 Å². The second kappa shape index (κ2) is 73.0. The molecular formula is C79H146O16P2. The number of esters is 3. The Labute approximate surface area is 592 Å². The van der Waals surface area contributed by atoms with Crippen LogP contribution in [0.15, 0.2) is 60.8 Å². The minimum Gasteiger partial charge on any atom is -0.463 e. The van der Waals surface area contributed by atoms with Crippen LogP contribution >= 0.6 is 15.6 Å². The molecule has 16 nitrogen and oxygen atoms in total. The zero-order chi connectivity index (χ0) is 70.9. The molecule has 0 aliphatic heterocycles. The smallest absolute Gasteiger partial charge is 0.463 e. The quantitative estimate of drug-likeness (QED) is 0.0146. The number of carbonyl (C=O) groups excluding carboxylic acids is 3. The van der Waals surface area contributed by atoms with Crippen LogP contribution in [0.4, 0.5) is 0 Å². The number of rotatable bonds is 76. The van der Waals surface area contributed by atoms with Gasteiger partial charge in [-0.15, -0.1) is 0 Å². The molecule has 0 heterocycles. The van der Waals surface area contributed by atoms with Crippen molar-refractivity contribution in [3.05, 3.63) is 60.8 Å². The van der Waals surface area contributed by atoms with Crippen LogP contribution < -0.4 is 0 Å². The fourth-order valence-corrected chi connectivity index (χ4v) is 12.7. The van der Waals surface area contributed by atoms with Gasteiger partial charge in [0.25, 0.3) is 0 Å². The molecule has 0 aliphatic rings. The highest BCUT2D eigenvalue weighted by Crippen LogP contribution is 2.45. The number of aliphatic hydroxyl groups is 2. The summed E-state index contributed by atoms with van der Waals surface area (Å²) < 4.78 is 61.0. The molecule has 97 heavy (non-hydrogen) atoms. The molecule has 0 bridgehead atoms. The molecule has 0 spiro atoms. The maximum absolute atomic E-state index is 12.9. The minimum absolute atomic E-state index is 0.110. The van der Waals surface area contributed by atoms with Gasteiger partial charge in [-0.3, -0.25) is 32.5 Å². The number of carbonyl (C=O) groups is 3. The summed E-state index contributed by atoms with van der Waals surface area (Å²) in [6, 6.07) is 0. The summed E-state index contributed by atoms with van der Waals surface area (Å²) in [4.78, 5) is 58.4. The van der Waals surface area contributed by atoms with E-state index < -0.39 is 91.5 Å². The topological polar surface area (TPSA) is 231 Å². The molecule has 568 valence electrons. The third-order valence-electron chi connectivity index (χ3n) is 17.2. The molecule has 5 atom stereocenters. The van der Waals surface area contributed by atoms with Crippen molar-refractivity contribution in [2.75, 3.05) is 39.6 Å². The van der Waals surface area contributed by atoms with E-state index in [0.717, 1.165) is 103 Å². The van der Waals surface area contributed by atoms with E-state index >= 15 is 0 Å². The van der Waals surface area contributed by atoms with Gasteiger partial charge in [0.05, 0.1) is 26.4 Å². The van der Waals surface area contributed by atoms with Gasteiger partial charge in [0.2, 0.25) is 0 Å². The molecule has 0 rings (SSSR count). The predicted molar refractivity (Wildman–Crippen MR) is 399 cm³/mol. The first kappa shape index (κ1) is 94.2. The molecule has 0 fully saturated rings. The number of hydrogen-bond donors (Lipinski definition) is 4. The monoisotopic (exact) mass is 1410 g/mol. The van der Waals surface area contributed by atoms with E-state index in [2.05, 4.69) is 81.5 Å². The van der Waals surface area contributed by atoms with Crippen LogP contribution in [-0.2, 0) is 55.8 Å². The molecule has 0 aliphatic carbocycles. The fraction of sp³-hybridized carbons (Fsp3) is 0.835. The van der Waals surface area contributed by atoms with Crippen LogP contribution in [-0.4, -0.2) is 95.9 Å². The number of unbranched alkanes of at least 4 members (excludes halogenated alkanes) is 43. The molecule has 0 aromatic rings. The summed E-state index contributed by atoms with van der Waals surface area (Å²) in [6.45, 7) is 2.68.